The second-order valence-electron chi connectivity index (χ2n) is 15.2. The number of fused-ring (bicyclic) bond motifs is 3. The maximum Gasteiger partial charge on any atom is 0.432 e. The van der Waals surface area contributed by atoms with Crippen LogP contribution in [0.5, 0.6) is 11.8 Å². The lowest BCUT2D eigenvalue weighted by Crippen LogP contribution is -2.53. The van der Waals surface area contributed by atoms with E-state index in [4.69, 9.17) is 24.8 Å². The van der Waals surface area contributed by atoms with E-state index in [1.165, 1.54) is 0 Å². The molecule has 370 valence electrons. The number of rotatable bonds is 26. The fraction of sp³-hybridized carbons (Fsp3) is 0.386. The molecule has 2 heterocycles. The number of carbonyl (C=O) groups excluding carboxylic acids is 9. The fourth-order valence-electron chi connectivity index (χ4n) is 7.08. The second-order valence-corrected chi connectivity index (χ2v) is 15.2. The summed E-state index contributed by atoms with van der Waals surface area (Å²) in [5.74, 6) is -4.40. The zero-order chi connectivity index (χ0) is 49.7. The third-order valence-electron chi connectivity index (χ3n) is 10.4. The number of hydrogen-bond donors (Lipinski definition) is 9. The summed E-state index contributed by atoms with van der Waals surface area (Å²) < 4.78 is 15.8. The minimum Gasteiger partial charge on any atom is -0.492 e. The monoisotopic (exact) mass is 963 g/mol. The van der Waals surface area contributed by atoms with Crippen LogP contribution in [0.25, 0.3) is 11.1 Å². The molecule has 1 aliphatic carbocycles. The van der Waals surface area contributed by atoms with Crippen LogP contribution in [0.3, 0.4) is 0 Å². The van der Waals surface area contributed by atoms with E-state index in [1.54, 1.807) is 0 Å². The average Bonchev–Trinajstić information content (AvgIpc) is 3.95. The molecule has 2 aromatic carbocycles. The fourth-order valence-corrected chi connectivity index (χ4v) is 7.08. The molecule has 0 fully saturated rings. The van der Waals surface area contributed by atoms with Crippen LogP contribution in [0, 0.1) is 0 Å². The molecular formula is C44H53N9O16. The van der Waals surface area contributed by atoms with Gasteiger partial charge in [-0.2, -0.15) is 5.48 Å². The number of aromatic hydroxyl groups is 2. The average molecular weight is 964 g/mol. The number of carbonyl (C=O) groups is 9. The Bertz CT molecular complexity index is 2290. The van der Waals surface area contributed by atoms with Crippen LogP contribution < -0.4 is 42.6 Å². The first-order valence-electron chi connectivity index (χ1n) is 21.7. The van der Waals surface area contributed by atoms with Gasteiger partial charge < -0.3 is 61.6 Å². The van der Waals surface area contributed by atoms with Crippen LogP contribution in [-0.2, 0) is 43.0 Å². The van der Waals surface area contributed by atoms with Gasteiger partial charge in [-0.05, 0) is 60.8 Å². The van der Waals surface area contributed by atoms with Crippen molar-refractivity contribution in [3.05, 3.63) is 83.9 Å². The standard InChI is InChI=1S/C44H53N9O16/c45-39(59)32(13-6-8-22-52-35(55)15-16-36(52)56)49-40(60)33(50-43(63)66-24-20-47-41(61)65-23-21-48-42(62)69-53-37(57)17-18-38(53)58)14-5-7-19-46-34(54)26-68-51-44(64)67-25-31-29-11-3-1-9-27(29)28-10-2-4-12-30(28)31/h1-4,9-12,15-18,31-33,57-58H,5-8,13-14,19-26H2,(H2,45,59)(H,46,54)(H,47,61)(H,48,62)(H,49,60)(H,50,63)(H,51,64)/t32-,33-/m0/s1. The molecule has 9 amide bonds. The van der Waals surface area contributed by atoms with Gasteiger partial charge in [0.1, 0.15) is 31.9 Å². The van der Waals surface area contributed by atoms with E-state index in [0.29, 0.717) is 24.0 Å². The van der Waals surface area contributed by atoms with E-state index in [1.807, 2.05) is 48.5 Å². The highest BCUT2D eigenvalue weighted by Gasteiger charge is 2.30. The summed E-state index contributed by atoms with van der Waals surface area (Å²) in [7, 11) is 0. The Labute approximate surface area is 393 Å². The number of alkyl carbamates (subject to hydrolysis) is 2. The van der Waals surface area contributed by atoms with Gasteiger partial charge >= 0.3 is 24.4 Å². The van der Waals surface area contributed by atoms with E-state index in [-0.39, 0.29) is 71.2 Å². The van der Waals surface area contributed by atoms with E-state index < -0.39 is 84.4 Å². The van der Waals surface area contributed by atoms with Crippen LogP contribution in [0.2, 0.25) is 0 Å². The lowest BCUT2D eigenvalue weighted by atomic mass is 9.98. The van der Waals surface area contributed by atoms with Gasteiger partial charge in [0.15, 0.2) is 6.61 Å². The summed E-state index contributed by atoms with van der Waals surface area (Å²) in [5.41, 5.74) is 11.8. The molecule has 0 saturated carbocycles. The first kappa shape index (κ1) is 51.6. The third-order valence-corrected chi connectivity index (χ3v) is 10.4. The van der Waals surface area contributed by atoms with Gasteiger partial charge in [-0.3, -0.25) is 33.7 Å². The molecule has 0 spiro atoms. The highest BCUT2D eigenvalue weighted by atomic mass is 16.7. The Balaban J connectivity index is 1.00. The first-order valence-corrected chi connectivity index (χ1v) is 21.7. The van der Waals surface area contributed by atoms with Gasteiger partial charge in [-0.15, -0.1) is 4.73 Å². The summed E-state index contributed by atoms with van der Waals surface area (Å²) >= 11 is 0. The molecule has 0 radical (unpaired) electrons. The number of hydroxylamine groups is 1. The predicted octanol–water partition coefficient (Wildman–Crippen LogP) is 0.681. The van der Waals surface area contributed by atoms with E-state index in [9.17, 15) is 53.4 Å². The third kappa shape index (κ3) is 15.9. The van der Waals surface area contributed by atoms with Crippen molar-refractivity contribution in [2.75, 3.05) is 52.6 Å². The minimum atomic E-state index is -1.27. The maximum atomic E-state index is 13.4. The Morgan fingerprint density at radius 3 is 1.86 bits per heavy atom. The molecule has 0 bridgehead atoms. The SMILES string of the molecule is NC(=O)[C@H](CCCCN1C(=O)C=CC1=O)NC(=O)[C@H](CCCCNC(=O)CONC(=O)OCC1c2ccccc2-c2ccccc21)NC(=O)OCCNC(=O)OCCNC(=O)On1c(O)ccc1O. The molecule has 3 aromatic rings. The molecule has 69 heavy (non-hydrogen) atoms. The number of primary amides is 1. The van der Waals surface area contributed by atoms with Crippen molar-refractivity contribution in [1.29, 1.82) is 0 Å². The van der Waals surface area contributed by atoms with E-state index in [2.05, 4.69) is 36.9 Å². The van der Waals surface area contributed by atoms with Gasteiger partial charge in [0, 0.05) is 43.3 Å². The van der Waals surface area contributed by atoms with Crippen molar-refractivity contribution in [2.45, 2.75) is 56.5 Å². The number of unbranched alkanes of at least 4 members (excludes halogenated alkanes) is 2. The van der Waals surface area contributed by atoms with E-state index >= 15 is 0 Å². The van der Waals surface area contributed by atoms with E-state index in [0.717, 1.165) is 51.4 Å². The summed E-state index contributed by atoms with van der Waals surface area (Å²) in [5, 5.41) is 31.1. The van der Waals surface area contributed by atoms with Crippen molar-refractivity contribution in [2.24, 2.45) is 5.73 Å². The molecule has 1 aliphatic heterocycles. The molecule has 5 rings (SSSR count). The first-order chi connectivity index (χ1) is 33.2. The van der Waals surface area contributed by atoms with Crippen molar-refractivity contribution in [1.82, 2.24) is 41.7 Å². The Kier molecular flexibility index (Phi) is 19.5. The number of nitrogens with zero attached hydrogens (tertiary/aromatic N) is 2. The van der Waals surface area contributed by atoms with Gasteiger partial charge in [-0.25, -0.2) is 19.2 Å². The maximum absolute atomic E-state index is 13.4. The summed E-state index contributed by atoms with van der Waals surface area (Å²) in [6.45, 7) is -1.43. The van der Waals surface area contributed by atoms with Crippen molar-refractivity contribution < 1.29 is 77.2 Å². The smallest absolute Gasteiger partial charge is 0.432 e. The molecule has 2 aliphatic rings. The quantitative estimate of drug-likeness (QED) is 0.0231. The molecule has 0 unspecified atom stereocenters. The molecule has 0 saturated heterocycles. The minimum absolute atomic E-state index is 0.00573. The second kappa shape index (κ2) is 26.1. The Hall–Kier alpha value is -8.35. The van der Waals surface area contributed by atoms with Gasteiger partial charge in [0.05, 0.1) is 13.1 Å². The molecule has 10 N–H and O–H groups in total. The summed E-state index contributed by atoms with van der Waals surface area (Å²) in [6.07, 6.45) is -0.454. The number of nitrogens with two attached hydrogens (primary N) is 1. The largest absolute Gasteiger partial charge is 0.492 e. The van der Waals surface area contributed by atoms with Crippen LogP contribution in [0.4, 0.5) is 19.2 Å². The zero-order valence-electron chi connectivity index (χ0n) is 37.1. The zero-order valence-corrected chi connectivity index (χ0v) is 37.1. The highest BCUT2D eigenvalue weighted by Crippen LogP contribution is 2.44. The van der Waals surface area contributed by atoms with Crippen molar-refractivity contribution in [3.8, 4) is 22.9 Å². The number of imide groups is 1. The molecule has 2 atom stereocenters. The Morgan fingerprint density at radius 1 is 0.638 bits per heavy atom. The van der Waals surface area contributed by atoms with Gasteiger partial charge in [0.2, 0.25) is 29.5 Å². The molecular weight excluding hydrogens is 911 g/mol. The molecule has 1 aromatic heterocycles. The highest BCUT2D eigenvalue weighted by molar-refractivity contribution is 6.12. The predicted molar refractivity (Wildman–Crippen MR) is 237 cm³/mol. The number of nitrogens with one attached hydrogen (secondary N) is 6. The van der Waals surface area contributed by atoms with Crippen molar-refractivity contribution in [3.63, 3.8) is 0 Å². The van der Waals surface area contributed by atoms with Gasteiger partial charge in [-0.1, -0.05) is 48.5 Å². The summed E-state index contributed by atoms with van der Waals surface area (Å²) in [6, 6.07) is 15.4. The summed E-state index contributed by atoms with van der Waals surface area (Å²) in [4.78, 5) is 122. The van der Waals surface area contributed by atoms with Crippen LogP contribution in [0.1, 0.15) is 55.6 Å². The van der Waals surface area contributed by atoms with Crippen LogP contribution in [0.15, 0.2) is 72.8 Å². The lowest BCUT2D eigenvalue weighted by molar-refractivity contribution is -0.137. The number of hydrogen-bond acceptors (Lipinski definition) is 16. The number of aromatic nitrogens is 1. The van der Waals surface area contributed by atoms with Gasteiger partial charge in [0.25, 0.3) is 11.8 Å². The topological polar surface area (TPSA) is 347 Å². The van der Waals surface area contributed by atoms with Crippen LogP contribution >= 0.6 is 0 Å². The normalized spacial score (nSPS) is 13.3. The number of amides is 9. The Morgan fingerprint density at radius 2 is 1.22 bits per heavy atom. The lowest BCUT2D eigenvalue weighted by Gasteiger charge is -2.22. The number of benzene rings is 2. The molecule has 25 nitrogen and oxygen atoms in total. The number of ether oxygens (including phenoxy) is 3. The molecule has 25 heteroatoms. The van der Waals surface area contributed by atoms with Crippen LogP contribution in [-0.4, -0.2) is 138 Å². The van der Waals surface area contributed by atoms with Crippen molar-refractivity contribution >= 4 is 53.9 Å².